The largest absolute Gasteiger partial charge is 0.497 e. The number of benzene rings is 2. The summed E-state index contributed by atoms with van der Waals surface area (Å²) in [7, 11) is 1.62. The molecule has 2 aromatic carbocycles. The molecular formula is C17H22IN3O2. The van der Waals surface area contributed by atoms with Gasteiger partial charge in [0.25, 0.3) is 0 Å². The van der Waals surface area contributed by atoms with Crippen LogP contribution in [-0.4, -0.2) is 24.7 Å². The lowest BCUT2D eigenvalue weighted by Gasteiger charge is -2.10. The molecule has 0 heterocycles. The molecule has 1 atom stereocenters. The average molecular weight is 427 g/mol. The number of aryl methyl sites for hydroxylation is 1. The Kier molecular flexibility index (Phi) is 7.84. The van der Waals surface area contributed by atoms with Crippen LogP contribution in [0.1, 0.15) is 17.2 Å². The van der Waals surface area contributed by atoms with Crippen LogP contribution >= 0.6 is 24.0 Å². The van der Waals surface area contributed by atoms with Gasteiger partial charge in [-0.15, -0.1) is 24.0 Å². The number of halogens is 1. The highest BCUT2D eigenvalue weighted by atomic mass is 127. The fourth-order valence-corrected chi connectivity index (χ4v) is 1.94. The van der Waals surface area contributed by atoms with Crippen LogP contribution in [0.3, 0.4) is 0 Å². The molecule has 0 bridgehead atoms. The van der Waals surface area contributed by atoms with Crippen molar-refractivity contribution in [3.8, 4) is 5.75 Å². The minimum atomic E-state index is -0.670. The van der Waals surface area contributed by atoms with E-state index in [1.165, 1.54) is 0 Å². The fraction of sp³-hybridized carbons (Fsp3) is 0.235. The number of guanidine groups is 1. The van der Waals surface area contributed by atoms with E-state index in [1.54, 1.807) is 7.11 Å². The Morgan fingerprint density at radius 3 is 2.35 bits per heavy atom. The number of nitrogens with two attached hydrogens (primary N) is 1. The molecule has 0 aliphatic rings. The quantitative estimate of drug-likeness (QED) is 0.389. The van der Waals surface area contributed by atoms with Crippen molar-refractivity contribution in [2.45, 2.75) is 13.0 Å². The first-order chi connectivity index (χ1) is 10.6. The molecule has 0 aliphatic carbocycles. The van der Waals surface area contributed by atoms with Gasteiger partial charge in [-0.25, -0.2) is 0 Å². The summed E-state index contributed by atoms with van der Waals surface area (Å²) in [6, 6.07) is 15.1. The Balaban J connectivity index is 0.00000264. The molecule has 2 aromatic rings. The maximum absolute atomic E-state index is 10.1. The van der Waals surface area contributed by atoms with Gasteiger partial charge in [0, 0.05) is 5.69 Å². The van der Waals surface area contributed by atoms with Gasteiger partial charge in [-0.05, 0) is 36.8 Å². The zero-order valence-corrected chi connectivity index (χ0v) is 15.5. The first kappa shape index (κ1) is 19.2. The number of nitrogens with one attached hydrogen (secondary N) is 1. The van der Waals surface area contributed by atoms with Gasteiger partial charge in [0.2, 0.25) is 0 Å². The van der Waals surface area contributed by atoms with Gasteiger partial charge >= 0.3 is 0 Å². The highest BCUT2D eigenvalue weighted by Gasteiger charge is 2.06. The van der Waals surface area contributed by atoms with Gasteiger partial charge in [-0.2, -0.15) is 0 Å². The lowest BCUT2D eigenvalue weighted by molar-refractivity contribution is 0.187. The summed E-state index contributed by atoms with van der Waals surface area (Å²) < 4.78 is 5.09. The Morgan fingerprint density at radius 2 is 1.78 bits per heavy atom. The monoisotopic (exact) mass is 427 g/mol. The predicted molar refractivity (Wildman–Crippen MR) is 105 cm³/mol. The Hall–Kier alpha value is -1.80. The molecule has 6 heteroatoms. The predicted octanol–water partition coefficient (Wildman–Crippen LogP) is 3.08. The smallest absolute Gasteiger partial charge is 0.193 e. The Bertz CT molecular complexity index is 627. The van der Waals surface area contributed by atoms with Crippen molar-refractivity contribution >= 4 is 35.6 Å². The van der Waals surface area contributed by atoms with Gasteiger partial charge in [-0.3, -0.25) is 4.99 Å². The van der Waals surface area contributed by atoms with Crippen molar-refractivity contribution in [3.05, 3.63) is 59.7 Å². The summed E-state index contributed by atoms with van der Waals surface area (Å²) in [5, 5.41) is 13.1. The van der Waals surface area contributed by atoms with Crippen LogP contribution in [0, 0.1) is 6.92 Å². The summed E-state index contributed by atoms with van der Waals surface area (Å²) in [6.07, 6.45) is -0.670. The van der Waals surface area contributed by atoms with Crippen molar-refractivity contribution in [3.63, 3.8) is 0 Å². The topological polar surface area (TPSA) is 79.9 Å². The van der Waals surface area contributed by atoms with E-state index in [-0.39, 0.29) is 36.5 Å². The van der Waals surface area contributed by atoms with Crippen LogP contribution in [-0.2, 0) is 0 Å². The van der Waals surface area contributed by atoms with Crippen molar-refractivity contribution in [2.24, 2.45) is 10.7 Å². The standard InChI is InChI=1S/C17H21N3O2.HI/c1-12-3-5-13(6-4-12)16(21)11-19-17(18)20-14-7-9-15(22-2)10-8-14;/h3-10,16,21H,11H2,1-2H3,(H3,18,19,20);1H. The van der Waals surface area contributed by atoms with Gasteiger partial charge in [0.05, 0.1) is 19.8 Å². The number of anilines is 1. The van der Waals surface area contributed by atoms with Gasteiger partial charge in [0.15, 0.2) is 5.96 Å². The Labute approximate surface area is 153 Å². The first-order valence-corrected chi connectivity index (χ1v) is 7.04. The minimum Gasteiger partial charge on any atom is -0.497 e. The molecule has 4 N–H and O–H groups in total. The van der Waals surface area contributed by atoms with E-state index in [2.05, 4.69) is 10.3 Å². The lowest BCUT2D eigenvalue weighted by atomic mass is 10.1. The highest BCUT2D eigenvalue weighted by Crippen LogP contribution is 2.16. The number of aliphatic imine (C=N–C) groups is 1. The van der Waals surface area contributed by atoms with Crippen molar-refractivity contribution in [1.29, 1.82) is 0 Å². The van der Waals surface area contributed by atoms with E-state index in [4.69, 9.17) is 10.5 Å². The second-order valence-corrected chi connectivity index (χ2v) is 5.01. The van der Waals surface area contributed by atoms with E-state index < -0.39 is 6.10 Å². The Morgan fingerprint density at radius 1 is 1.17 bits per heavy atom. The second kappa shape index (κ2) is 9.36. The molecule has 0 amide bonds. The third-order valence-corrected chi connectivity index (χ3v) is 3.26. The number of ether oxygens (including phenoxy) is 1. The van der Waals surface area contributed by atoms with Crippen LogP contribution in [0.4, 0.5) is 5.69 Å². The summed E-state index contributed by atoms with van der Waals surface area (Å²) in [4.78, 5) is 4.16. The lowest BCUT2D eigenvalue weighted by Crippen LogP contribution is -2.23. The SMILES string of the molecule is COc1ccc(NC(N)=NCC(O)c2ccc(C)cc2)cc1.I. The summed E-state index contributed by atoms with van der Waals surface area (Å²) in [6.45, 7) is 2.21. The molecule has 0 aromatic heterocycles. The summed E-state index contributed by atoms with van der Waals surface area (Å²) in [5.74, 6) is 1.03. The number of aliphatic hydroxyl groups excluding tert-OH is 1. The molecule has 0 saturated carbocycles. The number of hydrogen-bond acceptors (Lipinski definition) is 3. The molecular weight excluding hydrogens is 405 g/mol. The van der Waals surface area contributed by atoms with Crippen LogP contribution < -0.4 is 15.8 Å². The van der Waals surface area contributed by atoms with Crippen molar-refractivity contribution in [2.75, 3.05) is 19.0 Å². The van der Waals surface area contributed by atoms with Gasteiger partial charge in [0.1, 0.15) is 5.75 Å². The zero-order valence-electron chi connectivity index (χ0n) is 13.2. The number of methoxy groups -OCH3 is 1. The third kappa shape index (κ3) is 6.07. The van der Waals surface area contributed by atoms with Crippen molar-refractivity contribution in [1.82, 2.24) is 0 Å². The second-order valence-electron chi connectivity index (χ2n) is 5.01. The maximum atomic E-state index is 10.1. The fourth-order valence-electron chi connectivity index (χ4n) is 1.94. The molecule has 0 radical (unpaired) electrons. The normalized spacial score (nSPS) is 12.2. The van der Waals surface area contributed by atoms with Crippen LogP contribution in [0.15, 0.2) is 53.5 Å². The number of hydrogen-bond donors (Lipinski definition) is 3. The highest BCUT2D eigenvalue weighted by molar-refractivity contribution is 14.0. The van der Waals surface area contributed by atoms with Crippen LogP contribution in [0.5, 0.6) is 5.75 Å². The molecule has 0 aliphatic heterocycles. The van der Waals surface area contributed by atoms with Crippen LogP contribution in [0.25, 0.3) is 0 Å². The summed E-state index contributed by atoms with van der Waals surface area (Å²) >= 11 is 0. The molecule has 0 fully saturated rings. The molecule has 124 valence electrons. The van der Waals surface area contributed by atoms with Gasteiger partial charge in [-0.1, -0.05) is 29.8 Å². The number of rotatable bonds is 5. The molecule has 0 saturated heterocycles. The van der Waals surface area contributed by atoms with Gasteiger partial charge < -0.3 is 20.9 Å². The van der Waals surface area contributed by atoms with E-state index in [0.29, 0.717) is 0 Å². The third-order valence-electron chi connectivity index (χ3n) is 3.26. The molecule has 23 heavy (non-hydrogen) atoms. The number of nitrogens with zero attached hydrogens (tertiary/aromatic N) is 1. The molecule has 5 nitrogen and oxygen atoms in total. The van der Waals surface area contributed by atoms with Crippen molar-refractivity contribution < 1.29 is 9.84 Å². The van der Waals surface area contributed by atoms with E-state index >= 15 is 0 Å². The summed E-state index contributed by atoms with van der Waals surface area (Å²) in [5.41, 5.74) is 8.61. The average Bonchev–Trinajstić information content (AvgIpc) is 2.54. The number of aliphatic hydroxyl groups is 1. The molecule has 2 rings (SSSR count). The van der Waals surface area contributed by atoms with E-state index in [0.717, 1.165) is 22.6 Å². The first-order valence-electron chi connectivity index (χ1n) is 7.04. The maximum Gasteiger partial charge on any atom is 0.193 e. The van der Waals surface area contributed by atoms with Crippen LogP contribution in [0.2, 0.25) is 0 Å². The van der Waals surface area contributed by atoms with E-state index in [9.17, 15) is 5.11 Å². The molecule has 0 spiro atoms. The minimum absolute atomic E-state index is 0. The molecule has 1 unspecified atom stereocenters. The zero-order chi connectivity index (χ0) is 15.9. The van der Waals surface area contributed by atoms with E-state index in [1.807, 2.05) is 55.5 Å².